The molecule has 0 saturated heterocycles. The van der Waals surface area contributed by atoms with Gasteiger partial charge in [-0.05, 0) is 32.0 Å². The third-order valence-corrected chi connectivity index (χ3v) is 5.09. The summed E-state index contributed by atoms with van der Waals surface area (Å²) in [5, 5.41) is 22.3. The number of rotatable bonds is 6. The van der Waals surface area contributed by atoms with Gasteiger partial charge in [0.15, 0.2) is 0 Å². The van der Waals surface area contributed by atoms with Crippen LogP contribution in [-0.4, -0.2) is 29.2 Å². The summed E-state index contributed by atoms with van der Waals surface area (Å²) in [4.78, 5) is 28.7. The Morgan fingerprint density at radius 2 is 2.03 bits per heavy atom. The van der Waals surface area contributed by atoms with Crippen LogP contribution in [-0.2, 0) is 9.53 Å². The Balaban J connectivity index is 1.77. The lowest BCUT2D eigenvalue weighted by atomic mass is 10.1. The van der Waals surface area contributed by atoms with Crippen molar-refractivity contribution in [2.24, 2.45) is 0 Å². The van der Waals surface area contributed by atoms with Crippen LogP contribution >= 0.6 is 11.8 Å². The highest BCUT2D eigenvalue weighted by molar-refractivity contribution is 8.00. The first-order chi connectivity index (χ1) is 14.5. The summed E-state index contributed by atoms with van der Waals surface area (Å²) in [6, 6.07) is 12.3. The second-order valence-corrected chi connectivity index (χ2v) is 7.02. The fraction of sp³-hybridized carbons (Fsp3) is 0.190. The van der Waals surface area contributed by atoms with Gasteiger partial charge < -0.3 is 14.5 Å². The van der Waals surface area contributed by atoms with Gasteiger partial charge >= 0.3 is 5.97 Å². The number of carbonyl (C=O) groups excluding carboxylic acids is 2. The van der Waals surface area contributed by atoms with Gasteiger partial charge in [-0.15, -0.1) is 0 Å². The van der Waals surface area contributed by atoms with Crippen LogP contribution in [0.4, 0.5) is 5.69 Å². The molecule has 1 N–H and O–H groups in total. The minimum atomic E-state index is -0.552. The Morgan fingerprint density at radius 1 is 1.27 bits per heavy atom. The van der Waals surface area contributed by atoms with Crippen LogP contribution in [0.3, 0.4) is 0 Å². The maximum Gasteiger partial charge on any atom is 0.340 e. The van der Waals surface area contributed by atoms with E-state index in [1.807, 2.05) is 12.1 Å². The lowest BCUT2D eigenvalue weighted by Gasteiger charge is -2.09. The molecule has 2 aromatic heterocycles. The van der Waals surface area contributed by atoms with Crippen LogP contribution in [0.25, 0.3) is 11.0 Å². The second kappa shape index (κ2) is 9.12. The number of anilines is 1. The zero-order chi connectivity index (χ0) is 21.7. The first-order valence-electron chi connectivity index (χ1n) is 8.91. The molecule has 0 fully saturated rings. The van der Waals surface area contributed by atoms with E-state index in [0.717, 1.165) is 11.8 Å². The van der Waals surface area contributed by atoms with Gasteiger partial charge in [0.2, 0.25) is 11.7 Å². The molecule has 150 valence electrons. The molecule has 0 spiro atoms. The molecular weight excluding hydrogens is 404 g/mol. The van der Waals surface area contributed by atoms with Gasteiger partial charge in [0, 0.05) is 5.39 Å². The van der Waals surface area contributed by atoms with Crippen molar-refractivity contribution < 1.29 is 18.7 Å². The van der Waals surface area contributed by atoms with Crippen molar-refractivity contribution in [3.8, 4) is 12.1 Å². The number of amides is 1. The molecule has 0 aliphatic heterocycles. The Morgan fingerprint density at radius 3 is 2.73 bits per heavy atom. The van der Waals surface area contributed by atoms with E-state index < -0.39 is 5.97 Å². The maximum absolute atomic E-state index is 12.5. The number of ether oxygens (including phenoxy) is 1. The van der Waals surface area contributed by atoms with E-state index in [0.29, 0.717) is 27.4 Å². The fourth-order valence-electron chi connectivity index (χ4n) is 2.75. The van der Waals surface area contributed by atoms with Crippen molar-refractivity contribution in [2.75, 3.05) is 17.7 Å². The largest absolute Gasteiger partial charge is 0.462 e. The Labute approximate surface area is 176 Å². The minimum Gasteiger partial charge on any atom is -0.462 e. The van der Waals surface area contributed by atoms with Gasteiger partial charge in [0.05, 0.1) is 29.2 Å². The molecule has 0 aliphatic rings. The molecule has 1 aromatic carbocycles. The molecule has 0 radical (unpaired) electrons. The molecule has 0 unspecified atom stereocenters. The number of pyridine rings is 1. The first kappa shape index (κ1) is 20.9. The summed E-state index contributed by atoms with van der Waals surface area (Å²) in [5.41, 5.74) is 1.60. The SMILES string of the molecule is CCOC(=O)c1cc(C#N)c(SCC(=O)Nc2c(C#N)oc3ccccc23)nc1C. The smallest absolute Gasteiger partial charge is 0.340 e. The number of para-hydroxylation sites is 1. The predicted octanol–water partition coefficient (Wildman–Crippen LogP) is 3.79. The van der Waals surface area contributed by atoms with Crippen molar-refractivity contribution in [3.63, 3.8) is 0 Å². The monoisotopic (exact) mass is 420 g/mol. The second-order valence-electron chi connectivity index (χ2n) is 6.06. The van der Waals surface area contributed by atoms with Gasteiger partial charge in [0.25, 0.3) is 0 Å². The van der Waals surface area contributed by atoms with E-state index in [4.69, 9.17) is 9.15 Å². The van der Waals surface area contributed by atoms with E-state index in [-0.39, 0.29) is 35.2 Å². The number of carbonyl (C=O) groups is 2. The first-order valence-corrected chi connectivity index (χ1v) is 9.90. The van der Waals surface area contributed by atoms with E-state index in [1.165, 1.54) is 6.07 Å². The van der Waals surface area contributed by atoms with E-state index in [1.54, 1.807) is 38.1 Å². The quantitative estimate of drug-likeness (QED) is 0.471. The van der Waals surface area contributed by atoms with Gasteiger partial charge in [-0.3, -0.25) is 4.79 Å². The summed E-state index contributed by atoms with van der Waals surface area (Å²) < 4.78 is 10.4. The van der Waals surface area contributed by atoms with Gasteiger partial charge in [-0.1, -0.05) is 23.9 Å². The third-order valence-electron chi connectivity index (χ3n) is 4.10. The van der Waals surface area contributed by atoms with Crippen molar-refractivity contribution in [3.05, 3.63) is 52.9 Å². The molecule has 2 heterocycles. The van der Waals surface area contributed by atoms with Gasteiger partial charge in [-0.25, -0.2) is 9.78 Å². The molecule has 3 aromatic rings. The standard InChI is InChI=1S/C21H16N4O4S/c1-3-28-21(27)15-8-13(9-22)20(24-12(15)2)30-11-18(26)25-19-14-6-4-5-7-16(14)29-17(19)10-23/h4-8H,3,11H2,1-2H3,(H,25,26). The topological polar surface area (TPSA) is 129 Å². The van der Waals surface area contributed by atoms with E-state index in [2.05, 4.69) is 10.3 Å². The molecule has 1 amide bonds. The molecular formula is C21H16N4O4S. The third kappa shape index (κ3) is 4.27. The number of esters is 1. The zero-order valence-electron chi connectivity index (χ0n) is 16.2. The number of benzene rings is 1. The van der Waals surface area contributed by atoms with Crippen LogP contribution in [0.2, 0.25) is 0 Å². The number of nitrogens with zero attached hydrogens (tertiary/aromatic N) is 3. The van der Waals surface area contributed by atoms with Crippen LogP contribution < -0.4 is 5.32 Å². The fourth-order valence-corrected chi connectivity index (χ4v) is 3.55. The molecule has 3 rings (SSSR count). The summed E-state index contributed by atoms with van der Waals surface area (Å²) in [6.45, 7) is 3.54. The Kier molecular flexibility index (Phi) is 6.35. The van der Waals surface area contributed by atoms with Crippen molar-refractivity contribution in [1.29, 1.82) is 10.5 Å². The molecule has 0 saturated carbocycles. The minimum absolute atomic E-state index is 0.0139. The predicted molar refractivity (Wildman–Crippen MR) is 110 cm³/mol. The molecule has 0 atom stereocenters. The van der Waals surface area contributed by atoms with E-state index >= 15 is 0 Å². The lowest BCUT2D eigenvalue weighted by molar-refractivity contribution is -0.113. The molecule has 0 bridgehead atoms. The molecule has 8 nitrogen and oxygen atoms in total. The average molecular weight is 420 g/mol. The number of fused-ring (bicyclic) bond motifs is 1. The maximum atomic E-state index is 12.5. The van der Waals surface area contributed by atoms with Crippen LogP contribution in [0.1, 0.15) is 34.3 Å². The number of aromatic nitrogens is 1. The van der Waals surface area contributed by atoms with Crippen LogP contribution in [0.15, 0.2) is 39.8 Å². The number of aryl methyl sites for hydroxylation is 1. The van der Waals surface area contributed by atoms with E-state index in [9.17, 15) is 20.1 Å². The normalized spacial score (nSPS) is 10.3. The highest BCUT2D eigenvalue weighted by atomic mass is 32.2. The van der Waals surface area contributed by atoms with Crippen molar-refractivity contribution >= 4 is 40.3 Å². The number of hydrogen-bond acceptors (Lipinski definition) is 8. The number of nitriles is 2. The summed E-state index contributed by atoms with van der Waals surface area (Å²) in [7, 11) is 0. The van der Waals surface area contributed by atoms with Crippen LogP contribution in [0.5, 0.6) is 0 Å². The lowest BCUT2D eigenvalue weighted by Crippen LogP contribution is -2.15. The molecule has 0 aliphatic carbocycles. The zero-order valence-corrected chi connectivity index (χ0v) is 17.0. The number of hydrogen-bond donors (Lipinski definition) is 1. The Bertz CT molecular complexity index is 1220. The summed E-state index contributed by atoms with van der Waals surface area (Å²) in [5.74, 6) is -0.977. The van der Waals surface area contributed by atoms with Crippen molar-refractivity contribution in [1.82, 2.24) is 4.98 Å². The number of furan rings is 1. The average Bonchev–Trinajstić information content (AvgIpc) is 3.10. The molecule has 9 heteroatoms. The summed E-state index contributed by atoms with van der Waals surface area (Å²) >= 11 is 1.06. The summed E-state index contributed by atoms with van der Waals surface area (Å²) in [6.07, 6.45) is 0. The van der Waals surface area contributed by atoms with Gasteiger partial charge in [-0.2, -0.15) is 10.5 Å². The number of nitrogens with one attached hydrogen (secondary N) is 1. The molecule has 30 heavy (non-hydrogen) atoms. The highest BCUT2D eigenvalue weighted by Gasteiger charge is 2.19. The Hall–Kier alpha value is -3.82. The number of thioether (sulfide) groups is 1. The van der Waals surface area contributed by atoms with Gasteiger partial charge in [0.1, 0.15) is 28.4 Å². The van der Waals surface area contributed by atoms with Crippen LogP contribution in [0, 0.1) is 29.6 Å². The highest BCUT2D eigenvalue weighted by Crippen LogP contribution is 2.31. The van der Waals surface area contributed by atoms with Crippen molar-refractivity contribution in [2.45, 2.75) is 18.9 Å².